The third-order valence-electron chi connectivity index (χ3n) is 3.92. The number of nitrogens with zero attached hydrogens (tertiary/aromatic N) is 1. The van der Waals surface area contributed by atoms with Crippen molar-refractivity contribution in [3.8, 4) is 0 Å². The number of benzene rings is 2. The Morgan fingerprint density at radius 3 is 2.50 bits per heavy atom. The van der Waals surface area contributed by atoms with Crippen molar-refractivity contribution >= 4 is 0 Å². The molecule has 0 saturated carbocycles. The quantitative estimate of drug-likeness (QED) is 0.721. The first kappa shape index (κ1) is 18.7. The van der Waals surface area contributed by atoms with E-state index in [0.717, 1.165) is 25.1 Å². The van der Waals surface area contributed by atoms with Gasteiger partial charge in [-0.2, -0.15) is 0 Å². The van der Waals surface area contributed by atoms with Crippen LogP contribution in [0.2, 0.25) is 0 Å². The molecule has 130 valence electrons. The molecule has 0 aliphatic heterocycles. The van der Waals surface area contributed by atoms with E-state index >= 15 is 0 Å². The monoisotopic (exact) mass is 327 g/mol. The van der Waals surface area contributed by atoms with Crippen molar-refractivity contribution < 1.29 is 9.84 Å². The molecule has 1 N–H and O–H groups in total. The molecule has 0 aromatic heterocycles. The fourth-order valence-electron chi connectivity index (χ4n) is 2.86. The zero-order valence-electron chi connectivity index (χ0n) is 14.8. The Labute approximate surface area is 145 Å². The summed E-state index contributed by atoms with van der Waals surface area (Å²) in [6, 6.07) is 18.6. The molecule has 2 aromatic carbocycles. The molecule has 2 aromatic rings. The maximum atomic E-state index is 10.3. The fraction of sp³-hybridized carbons (Fsp3) is 0.429. The molecule has 0 saturated heterocycles. The highest BCUT2D eigenvalue weighted by Crippen LogP contribution is 2.09. The second kappa shape index (κ2) is 10.2. The van der Waals surface area contributed by atoms with Gasteiger partial charge in [-0.05, 0) is 31.0 Å². The van der Waals surface area contributed by atoms with E-state index in [-0.39, 0.29) is 0 Å². The first-order chi connectivity index (χ1) is 11.7. The van der Waals surface area contributed by atoms with Crippen LogP contribution in [0.5, 0.6) is 0 Å². The summed E-state index contributed by atoms with van der Waals surface area (Å²) in [5.74, 6) is 0. The van der Waals surface area contributed by atoms with Gasteiger partial charge in [0.15, 0.2) is 0 Å². The van der Waals surface area contributed by atoms with E-state index < -0.39 is 6.10 Å². The molecule has 0 heterocycles. The van der Waals surface area contributed by atoms with Gasteiger partial charge in [-0.3, -0.25) is 4.90 Å². The van der Waals surface area contributed by atoms with E-state index in [9.17, 15) is 5.11 Å². The van der Waals surface area contributed by atoms with Crippen LogP contribution in [0.3, 0.4) is 0 Å². The van der Waals surface area contributed by atoms with Crippen molar-refractivity contribution in [2.45, 2.75) is 39.5 Å². The molecule has 0 bridgehead atoms. The van der Waals surface area contributed by atoms with Crippen molar-refractivity contribution in [1.29, 1.82) is 0 Å². The summed E-state index contributed by atoms with van der Waals surface area (Å²) < 4.78 is 5.65. The topological polar surface area (TPSA) is 32.7 Å². The number of hydrogen-bond acceptors (Lipinski definition) is 3. The standard InChI is InChI=1S/C21H29NO2/c1-3-12-22(14-20-11-7-8-18(2)13-20)15-21(23)17-24-16-19-9-5-4-6-10-19/h4-11,13,21,23H,3,12,14-17H2,1-2H3. The Balaban J connectivity index is 1.78. The van der Waals surface area contributed by atoms with Gasteiger partial charge in [-0.15, -0.1) is 0 Å². The molecule has 1 unspecified atom stereocenters. The summed E-state index contributed by atoms with van der Waals surface area (Å²) >= 11 is 0. The van der Waals surface area contributed by atoms with Crippen LogP contribution in [0.1, 0.15) is 30.0 Å². The molecule has 0 fully saturated rings. The molecule has 3 heteroatoms. The Bertz CT molecular complexity index is 585. The Kier molecular flexibility index (Phi) is 7.96. The summed E-state index contributed by atoms with van der Waals surface area (Å²) in [7, 11) is 0. The Morgan fingerprint density at radius 1 is 1.04 bits per heavy atom. The largest absolute Gasteiger partial charge is 0.389 e. The van der Waals surface area contributed by atoms with E-state index in [1.165, 1.54) is 11.1 Å². The molecule has 0 spiro atoms. The van der Waals surface area contributed by atoms with Crippen molar-refractivity contribution in [3.63, 3.8) is 0 Å². The predicted molar refractivity (Wildman–Crippen MR) is 98.9 cm³/mol. The fourth-order valence-corrected chi connectivity index (χ4v) is 2.86. The maximum absolute atomic E-state index is 10.3. The van der Waals surface area contributed by atoms with Gasteiger partial charge in [0.05, 0.1) is 19.3 Å². The van der Waals surface area contributed by atoms with Crippen LogP contribution in [0.4, 0.5) is 0 Å². The lowest BCUT2D eigenvalue weighted by Gasteiger charge is -2.25. The van der Waals surface area contributed by atoms with Crippen LogP contribution in [-0.4, -0.2) is 35.8 Å². The lowest BCUT2D eigenvalue weighted by molar-refractivity contribution is 0.00856. The van der Waals surface area contributed by atoms with Crippen molar-refractivity contribution in [2.75, 3.05) is 19.7 Å². The summed E-state index contributed by atoms with van der Waals surface area (Å²) in [5.41, 5.74) is 3.70. The first-order valence-electron chi connectivity index (χ1n) is 8.75. The number of aliphatic hydroxyl groups is 1. The van der Waals surface area contributed by atoms with Crippen LogP contribution in [-0.2, 0) is 17.9 Å². The van der Waals surface area contributed by atoms with E-state index in [1.54, 1.807) is 0 Å². The zero-order chi connectivity index (χ0) is 17.2. The first-order valence-corrected chi connectivity index (χ1v) is 8.75. The molecule has 24 heavy (non-hydrogen) atoms. The molecule has 3 nitrogen and oxygen atoms in total. The highest BCUT2D eigenvalue weighted by molar-refractivity contribution is 5.22. The SMILES string of the molecule is CCCN(Cc1cccc(C)c1)CC(O)COCc1ccccc1. The second-order valence-corrected chi connectivity index (χ2v) is 6.38. The minimum Gasteiger partial charge on any atom is -0.389 e. The van der Waals surface area contributed by atoms with Gasteiger partial charge >= 0.3 is 0 Å². The van der Waals surface area contributed by atoms with E-state index in [1.807, 2.05) is 30.3 Å². The highest BCUT2D eigenvalue weighted by Gasteiger charge is 2.12. The number of aryl methyl sites for hydroxylation is 1. The number of ether oxygens (including phenoxy) is 1. The normalized spacial score (nSPS) is 12.5. The smallest absolute Gasteiger partial charge is 0.0900 e. The van der Waals surface area contributed by atoms with Crippen LogP contribution < -0.4 is 0 Å². The summed E-state index contributed by atoms with van der Waals surface area (Å²) in [6.07, 6.45) is 0.605. The molecule has 2 rings (SSSR count). The van der Waals surface area contributed by atoms with Crippen molar-refractivity contribution in [1.82, 2.24) is 4.90 Å². The molecular formula is C21H29NO2. The van der Waals surface area contributed by atoms with Gasteiger partial charge in [0.1, 0.15) is 0 Å². The number of hydrogen-bond donors (Lipinski definition) is 1. The van der Waals surface area contributed by atoms with Crippen LogP contribution in [0, 0.1) is 6.92 Å². The van der Waals surface area contributed by atoms with Gasteiger partial charge in [0.25, 0.3) is 0 Å². The predicted octanol–water partition coefficient (Wildman–Crippen LogP) is 3.78. The van der Waals surface area contributed by atoms with E-state index in [0.29, 0.717) is 19.8 Å². The maximum Gasteiger partial charge on any atom is 0.0900 e. The number of rotatable bonds is 10. The lowest BCUT2D eigenvalue weighted by atomic mass is 10.1. The summed E-state index contributed by atoms with van der Waals surface area (Å²) in [5, 5.41) is 10.3. The van der Waals surface area contributed by atoms with Gasteiger partial charge in [0, 0.05) is 13.1 Å². The van der Waals surface area contributed by atoms with Crippen LogP contribution in [0.25, 0.3) is 0 Å². The summed E-state index contributed by atoms with van der Waals surface area (Å²) in [4.78, 5) is 2.30. The average Bonchev–Trinajstić information content (AvgIpc) is 2.56. The van der Waals surface area contributed by atoms with Crippen LogP contribution in [0.15, 0.2) is 54.6 Å². The third kappa shape index (κ3) is 6.83. The van der Waals surface area contributed by atoms with Crippen LogP contribution >= 0.6 is 0 Å². The lowest BCUT2D eigenvalue weighted by Crippen LogP contribution is -2.35. The van der Waals surface area contributed by atoms with Crippen molar-refractivity contribution in [3.05, 3.63) is 71.3 Å². The Morgan fingerprint density at radius 2 is 1.79 bits per heavy atom. The minimum absolute atomic E-state index is 0.364. The number of aliphatic hydroxyl groups excluding tert-OH is 1. The van der Waals surface area contributed by atoms with Crippen molar-refractivity contribution in [2.24, 2.45) is 0 Å². The average molecular weight is 327 g/mol. The van der Waals surface area contributed by atoms with E-state index in [2.05, 4.69) is 43.0 Å². The third-order valence-corrected chi connectivity index (χ3v) is 3.92. The summed E-state index contributed by atoms with van der Waals surface area (Å²) in [6.45, 7) is 7.67. The van der Waals surface area contributed by atoms with Gasteiger partial charge in [-0.25, -0.2) is 0 Å². The highest BCUT2D eigenvalue weighted by atomic mass is 16.5. The zero-order valence-corrected chi connectivity index (χ0v) is 14.8. The van der Waals surface area contributed by atoms with Gasteiger partial charge in [-0.1, -0.05) is 67.1 Å². The molecule has 0 amide bonds. The van der Waals surface area contributed by atoms with E-state index in [4.69, 9.17) is 4.74 Å². The molecular weight excluding hydrogens is 298 g/mol. The molecule has 1 atom stereocenters. The van der Waals surface area contributed by atoms with Gasteiger partial charge < -0.3 is 9.84 Å². The van der Waals surface area contributed by atoms with Gasteiger partial charge in [0.2, 0.25) is 0 Å². The second-order valence-electron chi connectivity index (χ2n) is 6.38. The Hall–Kier alpha value is -1.68. The molecule has 0 radical (unpaired) electrons. The molecule has 0 aliphatic rings. The molecule has 0 aliphatic carbocycles. The minimum atomic E-state index is -0.468.